The lowest BCUT2D eigenvalue weighted by molar-refractivity contribution is -0.117. The van der Waals surface area contributed by atoms with E-state index in [2.05, 4.69) is 0 Å². The molecule has 25 heavy (non-hydrogen) atoms. The summed E-state index contributed by atoms with van der Waals surface area (Å²) in [5.41, 5.74) is 5.58. The van der Waals surface area contributed by atoms with Crippen LogP contribution in [-0.4, -0.2) is 35.9 Å². The summed E-state index contributed by atoms with van der Waals surface area (Å²) < 4.78 is 11.1. The Hall–Kier alpha value is -2.47. The predicted molar refractivity (Wildman–Crippen MR) is 92.6 cm³/mol. The number of hydrogen-bond donors (Lipinski definition) is 1. The van der Waals surface area contributed by atoms with Crippen molar-refractivity contribution in [2.24, 2.45) is 5.73 Å². The van der Waals surface area contributed by atoms with Crippen LogP contribution in [0.5, 0.6) is 5.75 Å². The Kier molecular flexibility index (Phi) is 5.28. The molecule has 2 N–H and O–H groups in total. The van der Waals surface area contributed by atoms with Gasteiger partial charge in [-0.15, -0.1) is 0 Å². The first-order chi connectivity index (χ1) is 12.0. The number of furan rings is 1. The van der Waals surface area contributed by atoms with E-state index in [1.807, 2.05) is 12.1 Å². The molecule has 2 amide bonds. The summed E-state index contributed by atoms with van der Waals surface area (Å²) in [5.74, 6) is 0.416. The highest BCUT2D eigenvalue weighted by Gasteiger charge is 2.27. The Balaban J connectivity index is 1.57. The Morgan fingerprint density at radius 3 is 2.52 bits per heavy atom. The van der Waals surface area contributed by atoms with Crippen molar-refractivity contribution >= 4 is 23.4 Å². The summed E-state index contributed by atoms with van der Waals surface area (Å²) in [7, 11) is 0. The molecule has 0 saturated carbocycles. The topological polar surface area (TPSA) is 85.8 Å². The van der Waals surface area contributed by atoms with Crippen molar-refractivity contribution in [3.8, 4) is 5.75 Å². The zero-order chi connectivity index (χ0) is 17.8. The molecule has 1 aliphatic rings. The minimum atomic E-state index is -0.529. The van der Waals surface area contributed by atoms with Crippen molar-refractivity contribution in [1.29, 1.82) is 0 Å². The van der Waals surface area contributed by atoms with Crippen LogP contribution in [0.3, 0.4) is 0 Å². The van der Waals surface area contributed by atoms with E-state index < -0.39 is 5.91 Å². The maximum absolute atomic E-state index is 12.6. The molecule has 6 nitrogen and oxygen atoms in total. The van der Waals surface area contributed by atoms with Gasteiger partial charge in [0.05, 0.1) is 18.2 Å². The van der Waals surface area contributed by atoms with Gasteiger partial charge < -0.3 is 19.8 Å². The largest absolute Gasteiger partial charge is 0.490 e. The van der Waals surface area contributed by atoms with Crippen molar-refractivity contribution in [1.82, 2.24) is 4.90 Å². The number of ether oxygens (including phenoxy) is 1. The lowest BCUT2D eigenvalue weighted by Gasteiger charge is -2.32. The summed E-state index contributed by atoms with van der Waals surface area (Å²) in [6, 6.07) is 8.82. The number of carbonyl (C=O) groups excluding carboxylic acids is 2. The van der Waals surface area contributed by atoms with Crippen LogP contribution in [0.1, 0.15) is 29.0 Å². The summed E-state index contributed by atoms with van der Waals surface area (Å²) >= 11 is 5.87. The van der Waals surface area contributed by atoms with E-state index in [4.69, 9.17) is 26.5 Å². The molecule has 0 aliphatic carbocycles. The highest BCUT2D eigenvalue weighted by Crippen LogP contribution is 2.23. The van der Waals surface area contributed by atoms with Gasteiger partial charge in [0.25, 0.3) is 5.91 Å². The number of primary amides is 1. The zero-order valence-electron chi connectivity index (χ0n) is 13.6. The maximum atomic E-state index is 12.6. The van der Waals surface area contributed by atoms with E-state index >= 15 is 0 Å². The Morgan fingerprint density at radius 1 is 1.20 bits per heavy atom. The number of carbonyl (C=O) groups is 2. The van der Waals surface area contributed by atoms with Gasteiger partial charge in [-0.25, -0.2) is 0 Å². The normalized spacial score (nSPS) is 15.2. The van der Waals surface area contributed by atoms with E-state index in [0.29, 0.717) is 29.4 Å². The fourth-order valence-electron chi connectivity index (χ4n) is 2.88. The van der Waals surface area contributed by atoms with Gasteiger partial charge in [-0.3, -0.25) is 9.59 Å². The second kappa shape index (κ2) is 7.61. The minimum absolute atomic E-state index is 0.0552. The van der Waals surface area contributed by atoms with Crippen molar-refractivity contribution in [3.63, 3.8) is 0 Å². The SMILES string of the molecule is NC(=O)Cc1occc1C(=O)N1CCC(Oc2ccc(Cl)cc2)CC1. The van der Waals surface area contributed by atoms with Crippen LogP contribution in [0.15, 0.2) is 41.0 Å². The fourth-order valence-corrected chi connectivity index (χ4v) is 3.01. The number of benzene rings is 1. The van der Waals surface area contributed by atoms with Crippen LogP contribution >= 0.6 is 11.6 Å². The number of piperidine rings is 1. The highest BCUT2D eigenvalue weighted by atomic mass is 35.5. The number of halogens is 1. The first kappa shape index (κ1) is 17.4. The lowest BCUT2D eigenvalue weighted by atomic mass is 10.1. The summed E-state index contributed by atoms with van der Waals surface area (Å²) in [4.78, 5) is 25.4. The van der Waals surface area contributed by atoms with Gasteiger partial charge in [0.2, 0.25) is 5.91 Å². The molecular formula is C18H19ClN2O4. The molecule has 132 valence electrons. The van der Waals surface area contributed by atoms with E-state index in [9.17, 15) is 9.59 Å². The van der Waals surface area contributed by atoms with Crippen molar-refractivity contribution < 1.29 is 18.7 Å². The number of amides is 2. The first-order valence-electron chi connectivity index (χ1n) is 8.09. The molecule has 1 aromatic carbocycles. The van der Waals surface area contributed by atoms with E-state index in [0.717, 1.165) is 18.6 Å². The monoisotopic (exact) mass is 362 g/mol. The molecule has 2 heterocycles. The van der Waals surface area contributed by atoms with Crippen LogP contribution in [0.4, 0.5) is 0 Å². The first-order valence-corrected chi connectivity index (χ1v) is 8.47. The van der Waals surface area contributed by atoms with Crippen molar-refractivity contribution in [2.75, 3.05) is 13.1 Å². The van der Waals surface area contributed by atoms with Gasteiger partial charge in [0, 0.05) is 31.0 Å². The minimum Gasteiger partial charge on any atom is -0.490 e. The number of nitrogens with zero attached hydrogens (tertiary/aromatic N) is 1. The molecule has 7 heteroatoms. The number of nitrogens with two attached hydrogens (primary N) is 1. The Bertz CT molecular complexity index is 749. The van der Waals surface area contributed by atoms with E-state index in [-0.39, 0.29) is 18.4 Å². The van der Waals surface area contributed by atoms with Gasteiger partial charge in [-0.1, -0.05) is 11.6 Å². The van der Waals surface area contributed by atoms with Crippen LogP contribution in [0.2, 0.25) is 5.02 Å². The van der Waals surface area contributed by atoms with E-state index in [1.165, 1.54) is 6.26 Å². The predicted octanol–water partition coefficient (Wildman–Crippen LogP) is 2.64. The van der Waals surface area contributed by atoms with Crippen molar-refractivity contribution in [3.05, 3.63) is 52.9 Å². The third-order valence-corrected chi connectivity index (χ3v) is 4.41. The maximum Gasteiger partial charge on any atom is 0.257 e. The van der Waals surface area contributed by atoms with Gasteiger partial charge >= 0.3 is 0 Å². The number of likely N-dealkylation sites (tertiary alicyclic amines) is 1. The van der Waals surface area contributed by atoms with Crippen LogP contribution in [0.25, 0.3) is 0 Å². The molecule has 0 radical (unpaired) electrons. The molecule has 0 atom stereocenters. The molecule has 0 unspecified atom stereocenters. The molecule has 0 spiro atoms. The molecule has 1 fully saturated rings. The molecule has 2 aromatic rings. The van der Waals surface area contributed by atoms with Gasteiger partial charge in [-0.05, 0) is 30.3 Å². The zero-order valence-corrected chi connectivity index (χ0v) is 14.4. The van der Waals surface area contributed by atoms with Gasteiger partial charge in [0.1, 0.15) is 17.6 Å². The van der Waals surface area contributed by atoms with Crippen molar-refractivity contribution in [2.45, 2.75) is 25.4 Å². The standard InChI is InChI=1S/C18H19ClN2O4/c19-12-1-3-13(4-2-12)25-14-5-8-21(9-6-14)18(23)15-7-10-24-16(15)11-17(20)22/h1-4,7,10,14H,5-6,8-9,11H2,(H2,20,22). The quantitative estimate of drug-likeness (QED) is 0.885. The Labute approximate surface area is 150 Å². The average molecular weight is 363 g/mol. The summed E-state index contributed by atoms with van der Waals surface area (Å²) in [6.45, 7) is 1.16. The van der Waals surface area contributed by atoms with Gasteiger partial charge in [0.15, 0.2) is 0 Å². The highest BCUT2D eigenvalue weighted by molar-refractivity contribution is 6.30. The molecule has 1 aliphatic heterocycles. The number of rotatable bonds is 5. The van der Waals surface area contributed by atoms with Crippen LogP contribution in [-0.2, 0) is 11.2 Å². The molecular weight excluding hydrogens is 344 g/mol. The molecule has 1 aromatic heterocycles. The van der Waals surface area contributed by atoms with E-state index in [1.54, 1.807) is 23.1 Å². The smallest absolute Gasteiger partial charge is 0.257 e. The van der Waals surface area contributed by atoms with Crippen LogP contribution < -0.4 is 10.5 Å². The molecule has 3 rings (SSSR count). The molecule has 0 bridgehead atoms. The van der Waals surface area contributed by atoms with Gasteiger partial charge in [-0.2, -0.15) is 0 Å². The third kappa shape index (κ3) is 4.33. The van der Waals surface area contributed by atoms with Crippen LogP contribution in [0, 0.1) is 0 Å². The lowest BCUT2D eigenvalue weighted by Crippen LogP contribution is -2.42. The average Bonchev–Trinajstić information content (AvgIpc) is 3.04. The fraction of sp³-hybridized carbons (Fsp3) is 0.333. The Morgan fingerprint density at radius 2 is 1.88 bits per heavy atom. The second-order valence-electron chi connectivity index (χ2n) is 5.96. The summed E-state index contributed by atoms with van der Waals surface area (Å²) in [6.07, 6.45) is 2.85. The number of hydrogen-bond acceptors (Lipinski definition) is 4. The second-order valence-corrected chi connectivity index (χ2v) is 6.40. The molecule has 1 saturated heterocycles. The third-order valence-electron chi connectivity index (χ3n) is 4.16. The summed E-state index contributed by atoms with van der Waals surface area (Å²) in [5, 5.41) is 0.666.